The van der Waals surface area contributed by atoms with Gasteiger partial charge in [0.25, 0.3) is 0 Å². The Balaban J connectivity index is 2.43. The van der Waals surface area contributed by atoms with Crippen LogP contribution in [-0.2, 0) is 7.05 Å². The molecule has 0 bridgehead atoms. The number of hydrogen-bond donors (Lipinski definition) is 1. The summed E-state index contributed by atoms with van der Waals surface area (Å²) >= 11 is 3.28. The lowest BCUT2D eigenvalue weighted by molar-refractivity contribution is 0.203. The molecule has 0 aliphatic carbocycles. The number of rotatable bonds is 3. The highest BCUT2D eigenvalue weighted by atomic mass is 79.9. The molecule has 0 aliphatic rings. The Morgan fingerprint density at radius 2 is 2.22 bits per heavy atom. The second-order valence-electron chi connectivity index (χ2n) is 3.79. The molecule has 1 N–H and O–H groups in total. The number of aliphatic hydroxyl groups is 1. The first kappa shape index (κ1) is 13.0. The van der Waals surface area contributed by atoms with E-state index in [0.717, 1.165) is 0 Å². The summed E-state index contributed by atoms with van der Waals surface area (Å²) in [5, 5.41) is 14.2. The van der Waals surface area contributed by atoms with Crippen molar-refractivity contribution in [2.75, 3.05) is 7.11 Å². The molecule has 1 aromatic carbocycles. The Bertz CT molecular complexity index is 552. The van der Waals surface area contributed by atoms with E-state index in [2.05, 4.69) is 21.0 Å². The maximum Gasteiger partial charge on any atom is 0.133 e. The molecule has 0 aliphatic heterocycles. The molecule has 4 nitrogen and oxygen atoms in total. The lowest BCUT2D eigenvalue weighted by atomic mass is 10.1. The van der Waals surface area contributed by atoms with E-state index in [9.17, 15) is 9.50 Å². The molecule has 0 saturated carbocycles. The van der Waals surface area contributed by atoms with Crippen LogP contribution < -0.4 is 4.74 Å². The van der Waals surface area contributed by atoms with E-state index in [4.69, 9.17) is 4.74 Å². The molecule has 1 heterocycles. The first-order chi connectivity index (χ1) is 8.54. The standard InChI is InChI=1S/C12H12BrFN2O2/c1-16-11(9(13)6-15-16)12(17)8-4-3-7(18-2)5-10(8)14/h3-6,12,17H,1-2H3. The van der Waals surface area contributed by atoms with Gasteiger partial charge in [0.2, 0.25) is 0 Å². The van der Waals surface area contributed by atoms with Crippen LogP contribution in [0.25, 0.3) is 0 Å². The fourth-order valence-electron chi connectivity index (χ4n) is 1.73. The average Bonchev–Trinajstić information content (AvgIpc) is 2.68. The molecule has 6 heteroatoms. The SMILES string of the molecule is COc1ccc(C(O)c2c(Br)cnn2C)c(F)c1. The van der Waals surface area contributed by atoms with Crippen molar-refractivity contribution in [3.63, 3.8) is 0 Å². The number of hydrogen-bond acceptors (Lipinski definition) is 3. The third-order valence-corrected chi connectivity index (χ3v) is 3.31. The van der Waals surface area contributed by atoms with Crippen molar-refractivity contribution in [3.8, 4) is 5.75 Å². The van der Waals surface area contributed by atoms with Crippen molar-refractivity contribution in [1.29, 1.82) is 0 Å². The van der Waals surface area contributed by atoms with Gasteiger partial charge >= 0.3 is 0 Å². The first-order valence-electron chi connectivity index (χ1n) is 5.23. The molecule has 1 atom stereocenters. The Morgan fingerprint density at radius 1 is 1.50 bits per heavy atom. The highest BCUT2D eigenvalue weighted by Gasteiger charge is 2.21. The van der Waals surface area contributed by atoms with Crippen LogP contribution in [0.2, 0.25) is 0 Å². The van der Waals surface area contributed by atoms with Crippen LogP contribution >= 0.6 is 15.9 Å². The van der Waals surface area contributed by atoms with Crippen LogP contribution in [0.5, 0.6) is 5.75 Å². The summed E-state index contributed by atoms with van der Waals surface area (Å²) in [5.74, 6) is -0.109. The zero-order valence-electron chi connectivity index (χ0n) is 9.89. The molecule has 2 rings (SSSR count). The molecule has 0 radical (unpaired) electrons. The van der Waals surface area contributed by atoms with E-state index < -0.39 is 11.9 Å². The van der Waals surface area contributed by atoms with Crippen LogP contribution in [0.1, 0.15) is 17.4 Å². The average molecular weight is 315 g/mol. The summed E-state index contributed by atoms with van der Waals surface area (Å²) in [6.45, 7) is 0. The Hall–Kier alpha value is -1.40. The lowest BCUT2D eigenvalue weighted by Crippen LogP contribution is -2.09. The van der Waals surface area contributed by atoms with Crippen LogP contribution in [0, 0.1) is 5.82 Å². The van der Waals surface area contributed by atoms with Crippen LogP contribution in [-0.4, -0.2) is 22.0 Å². The first-order valence-corrected chi connectivity index (χ1v) is 6.02. The van der Waals surface area contributed by atoms with Gasteiger partial charge in [0, 0.05) is 18.7 Å². The Morgan fingerprint density at radius 3 is 2.72 bits per heavy atom. The van der Waals surface area contributed by atoms with Crippen molar-refractivity contribution in [1.82, 2.24) is 9.78 Å². The van der Waals surface area contributed by atoms with Crippen LogP contribution in [0.15, 0.2) is 28.9 Å². The summed E-state index contributed by atoms with van der Waals surface area (Å²) < 4.78 is 20.9. The highest BCUT2D eigenvalue weighted by molar-refractivity contribution is 9.10. The van der Waals surface area contributed by atoms with E-state index >= 15 is 0 Å². The summed E-state index contributed by atoms with van der Waals surface area (Å²) in [6, 6.07) is 4.34. The highest BCUT2D eigenvalue weighted by Crippen LogP contribution is 2.30. The van der Waals surface area contributed by atoms with E-state index in [0.29, 0.717) is 15.9 Å². The molecule has 1 unspecified atom stereocenters. The van der Waals surface area contributed by atoms with E-state index in [1.165, 1.54) is 23.9 Å². The van der Waals surface area contributed by atoms with Crippen molar-refractivity contribution in [2.45, 2.75) is 6.10 Å². The van der Waals surface area contributed by atoms with E-state index in [-0.39, 0.29) is 5.56 Å². The van der Waals surface area contributed by atoms with Crippen molar-refractivity contribution >= 4 is 15.9 Å². The summed E-state index contributed by atoms with van der Waals surface area (Å²) in [4.78, 5) is 0. The van der Waals surface area contributed by atoms with E-state index in [1.54, 1.807) is 19.3 Å². The van der Waals surface area contributed by atoms with Gasteiger partial charge in [0.05, 0.1) is 23.5 Å². The summed E-state index contributed by atoms with van der Waals surface area (Å²) in [6.07, 6.45) is 0.470. The maximum atomic E-state index is 13.9. The predicted molar refractivity (Wildman–Crippen MR) is 67.9 cm³/mol. The Kier molecular flexibility index (Phi) is 3.68. The zero-order valence-corrected chi connectivity index (χ0v) is 11.5. The third kappa shape index (κ3) is 2.26. The van der Waals surface area contributed by atoms with Crippen molar-refractivity contribution in [2.24, 2.45) is 7.05 Å². The third-order valence-electron chi connectivity index (χ3n) is 2.70. The number of aromatic nitrogens is 2. The van der Waals surface area contributed by atoms with Crippen LogP contribution in [0.4, 0.5) is 4.39 Å². The largest absolute Gasteiger partial charge is 0.497 e. The normalized spacial score (nSPS) is 12.5. The number of aryl methyl sites for hydroxylation is 1. The number of ether oxygens (including phenoxy) is 1. The molecular formula is C12H12BrFN2O2. The number of nitrogens with zero attached hydrogens (tertiary/aromatic N) is 2. The molecular weight excluding hydrogens is 303 g/mol. The van der Waals surface area contributed by atoms with Gasteiger partial charge in [-0.1, -0.05) is 0 Å². The summed E-state index contributed by atoms with van der Waals surface area (Å²) in [5.41, 5.74) is 0.680. The molecule has 0 fully saturated rings. The number of aliphatic hydroxyl groups excluding tert-OH is 1. The molecule has 0 saturated heterocycles. The maximum absolute atomic E-state index is 13.9. The fourth-order valence-corrected chi connectivity index (χ4v) is 2.30. The van der Waals surface area contributed by atoms with E-state index in [1.807, 2.05) is 0 Å². The smallest absolute Gasteiger partial charge is 0.133 e. The lowest BCUT2D eigenvalue weighted by Gasteiger charge is -2.14. The zero-order chi connectivity index (χ0) is 13.3. The number of methoxy groups -OCH3 is 1. The van der Waals surface area contributed by atoms with Crippen molar-refractivity contribution in [3.05, 3.63) is 45.9 Å². The molecule has 0 amide bonds. The van der Waals surface area contributed by atoms with Gasteiger partial charge in [-0.2, -0.15) is 5.10 Å². The molecule has 2 aromatic rings. The number of halogens is 2. The molecule has 1 aromatic heterocycles. The van der Waals surface area contributed by atoms with Gasteiger partial charge in [-0.05, 0) is 28.1 Å². The topological polar surface area (TPSA) is 47.3 Å². The minimum Gasteiger partial charge on any atom is -0.497 e. The summed E-state index contributed by atoms with van der Waals surface area (Å²) in [7, 11) is 3.15. The second-order valence-corrected chi connectivity index (χ2v) is 4.65. The van der Waals surface area contributed by atoms with Gasteiger partial charge in [-0.3, -0.25) is 4.68 Å². The fraction of sp³-hybridized carbons (Fsp3) is 0.250. The van der Waals surface area contributed by atoms with Gasteiger partial charge in [0.15, 0.2) is 0 Å². The minimum absolute atomic E-state index is 0.181. The van der Waals surface area contributed by atoms with Gasteiger partial charge in [-0.25, -0.2) is 4.39 Å². The Labute approximate surface area is 112 Å². The van der Waals surface area contributed by atoms with Crippen LogP contribution in [0.3, 0.4) is 0 Å². The molecule has 96 valence electrons. The molecule has 18 heavy (non-hydrogen) atoms. The van der Waals surface area contributed by atoms with Gasteiger partial charge in [-0.15, -0.1) is 0 Å². The number of benzene rings is 1. The quantitative estimate of drug-likeness (QED) is 0.946. The second kappa shape index (κ2) is 5.07. The predicted octanol–water partition coefficient (Wildman–Crippen LogP) is 2.41. The molecule has 0 spiro atoms. The van der Waals surface area contributed by atoms with Crippen molar-refractivity contribution < 1.29 is 14.2 Å². The van der Waals surface area contributed by atoms with Gasteiger partial charge in [0.1, 0.15) is 17.7 Å². The van der Waals surface area contributed by atoms with Gasteiger partial charge < -0.3 is 9.84 Å². The minimum atomic E-state index is -1.09. The monoisotopic (exact) mass is 314 g/mol.